The third-order valence-electron chi connectivity index (χ3n) is 3.06. The number of hydrogen-bond acceptors (Lipinski definition) is 2. The molecule has 0 aliphatic heterocycles. The summed E-state index contributed by atoms with van der Waals surface area (Å²) in [5, 5.41) is 12.4. The molecule has 0 aliphatic rings. The van der Waals surface area contributed by atoms with E-state index in [4.69, 9.17) is 0 Å². The molecule has 0 aliphatic carbocycles. The van der Waals surface area contributed by atoms with E-state index in [0.717, 1.165) is 18.2 Å². The molecular formula is C15H14F3NO. The molecular weight excluding hydrogens is 267 g/mol. The van der Waals surface area contributed by atoms with Gasteiger partial charge in [0.25, 0.3) is 0 Å². The van der Waals surface area contributed by atoms with E-state index in [1.54, 1.807) is 13.0 Å². The van der Waals surface area contributed by atoms with Crippen LogP contribution >= 0.6 is 0 Å². The van der Waals surface area contributed by atoms with E-state index in [2.05, 4.69) is 5.32 Å². The van der Waals surface area contributed by atoms with Gasteiger partial charge in [-0.2, -0.15) is 0 Å². The van der Waals surface area contributed by atoms with E-state index in [-0.39, 0.29) is 5.56 Å². The number of rotatable bonds is 4. The van der Waals surface area contributed by atoms with Crippen LogP contribution in [0.15, 0.2) is 42.5 Å². The predicted octanol–water partition coefficient (Wildman–Crippen LogP) is 3.42. The molecule has 2 aromatic rings. The van der Waals surface area contributed by atoms with Crippen molar-refractivity contribution in [2.45, 2.75) is 12.5 Å². The Labute approximate surface area is 114 Å². The standard InChI is InChI=1S/C15H14F3NO/c1-15(9-20,10-5-12(17)7-13(18)6-10)19-14-4-2-3-11(16)8-14/h2-8,19-20H,9H2,1H3. The fourth-order valence-corrected chi connectivity index (χ4v) is 1.96. The van der Waals surface area contributed by atoms with Crippen LogP contribution in [0.4, 0.5) is 18.9 Å². The molecule has 2 aromatic carbocycles. The van der Waals surface area contributed by atoms with Gasteiger partial charge in [-0.1, -0.05) is 6.07 Å². The summed E-state index contributed by atoms with van der Waals surface area (Å²) >= 11 is 0. The average Bonchev–Trinajstić information content (AvgIpc) is 2.37. The Morgan fingerprint density at radius 2 is 1.65 bits per heavy atom. The summed E-state index contributed by atoms with van der Waals surface area (Å²) in [6.45, 7) is 1.17. The van der Waals surface area contributed by atoms with Gasteiger partial charge in [-0.05, 0) is 42.8 Å². The van der Waals surface area contributed by atoms with Gasteiger partial charge in [0.15, 0.2) is 0 Å². The van der Waals surface area contributed by atoms with E-state index in [0.29, 0.717) is 5.69 Å². The van der Waals surface area contributed by atoms with Gasteiger partial charge in [0.2, 0.25) is 0 Å². The molecule has 2 rings (SSSR count). The molecule has 0 bridgehead atoms. The van der Waals surface area contributed by atoms with Crippen molar-refractivity contribution >= 4 is 5.69 Å². The third-order valence-corrected chi connectivity index (χ3v) is 3.06. The maximum atomic E-state index is 13.3. The first-order valence-electron chi connectivity index (χ1n) is 6.04. The normalized spacial score (nSPS) is 13.8. The summed E-state index contributed by atoms with van der Waals surface area (Å²) in [5.74, 6) is -1.91. The van der Waals surface area contributed by atoms with Crippen LogP contribution in [0.3, 0.4) is 0 Å². The minimum absolute atomic E-state index is 0.238. The molecule has 20 heavy (non-hydrogen) atoms. The van der Waals surface area contributed by atoms with E-state index in [1.807, 2.05) is 0 Å². The summed E-state index contributed by atoms with van der Waals surface area (Å²) in [6, 6.07) is 8.64. The van der Waals surface area contributed by atoms with Crippen molar-refractivity contribution in [1.82, 2.24) is 0 Å². The maximum Gasteiger partial charge on any atom is 0.126 e. The number of anilines is 1. The Kier molecular flexibility index (Phi) is 3.99. The molecule has 5 heteroatoms. The summed E-state index contributed by atoms with van der Waals surface area (Å²) < 4.78 is 39.7. The summed E-state index contributed by atoms with van der Waals surface area (Å²) in [7, 11) is 0. The van der Waals surface area contributed by atoms with Gasteiger partial charge < -0.3 is 10.4 Å². The fraction of sp³-hybridized carbons (Fsp3) is 0.200. The van der Waals surface area contributed by atoms with Crippen molar-refractivity contribution in [3.63, 3.8) is 0 Å². The lowest BCUT2D eigenvalue weighted by Crippen LogP contribution is -2.36. The highest BCUT2D eigenvalue weighted by molar-refractivity contribution is 5.48. The number of hydrogen-bond donors (Lipinski definition) is 2. The Morgan fingerprint density at radius 1 is 1.00 bits per heavy atom. The minimum Gasteiger partial charge on any atom is -0.394 e. The summed E-state index contributed by atoms with van der Waals surface area (Å²) in [5.41, 5.74) is -0.482. The first-order chi connectivity index (χ1) is 9.43. The molecule has 106 valence electrons. The zero-order valence-corrected chi connectivity index (χ0v) is 10.8. The molecule has 0 saturated carbocycles. The number of aliphatic hydroxyl groups excluding tert-OH is 1. The number of benzene rings is 2. The van der Waals surface area contributed by atoms with Gasteiger partial charge in [-0.3, -0.25) is 0 Å². The van der Waals surface area contributed by atoms with Gasteiger partial charge in [-0.25, -0.2) is 13.2 Å². The van der Waals surface area contributed by atoms with Crippen LogP contribution in [0.5, 0.6) is 0 Å². The van der Waals surface area contributed by atoms with Gasteiger partial charge in [0, 0.05) is 11.8 Å². The molecule has 0 spiro atoms. The molecule has 2 N–H and O–H groups in total. The molecule has 0 saturated heterocycles. The largest absolute Gasteiger partial charge is 0.394 e. The second-order valence-electron chi connectivity index (χ2n) is 4.78. The molecule has 1 atom stereocenters. The molecule has 0 fully saturated rings. The van der Waals surface area contributed by atoms with Crippen molar-refractivity contribution < 1.29 is 18.3 Å². The van der Waals surface area contributed by atoms with E-state index in [9.17, 15) is 18.3 Å². The van der Waals surface area contributed by atoms with Crippen LogP contribution in [0, 0.1) is 17.5 Å². The van der Waals surface area contributed by atoms with Gasteiger partial charge in [0.1, 0.15) is 17.5 Å². The summed E-state index contributed by atoms with van der Waals surface area (Å²) in [6.07, 6.45) is 0. The van der Waals surface area contributed by atoms with Crippen LogP contribution in [-0.4, -0.2) is 11.7 Å². The molecule has 1 unspecified atom stereocenters. The van der Waals surface area contributed by atoms with Crippen molar-refractivity contribution in [2.24, 2.45) is 0 Å². The van der Waals surface area contributed by atoms with E-state index >= 15 is 0 Å². The van der Waals surface area contributed by atoms with Crippen molar-refractivity contribution in [2.75, 3.05) is 11.9 Å². The number of aliphatic hydroxyl groups is 1. The van der Waals surface area contributed by atoms with Crippen molar-refractivity contribution in [3.05, 3.63) is 65.5 Å². The highest BCUT2D eigenvalue weighted by atomic mass is 19.1. The lowest BCUT2D eigenvalue weighted by Gasteiger charge is -2.30. The monoisotopic (exact) mass is 281 g/mol. The second-order valence-corrected chi connectivity index (χ2v) is 4.78. The Balaban J connectivity index is 2.37. The molecule has 0 heterocycles. The van der Waals surface area contributed by atoms with Crippen LogP contribution in [0.1, 0.15) is 12.5 Å². The zero-order chi connectivity index (χ0) is 14.8. The smallest absolute Gasteiger partial charge is 0.126 e. The molecule has 0 amide bonds. The predicted molar refractivity (Wildman–Crippen MR) is 70.8 cm³/mol. The van der Waals surface area contributed by atoms with Crippen molar-refractivity contribution in [3.8, 4) is 0 Å². The molecule has 0 aromatic heterocycles. The highest BCUT2D eigenvalue weighted by Crippen LogP contribution is 2.27. The third kappa shape index (κ3) is 3.11. The van der Waals surface area contributed by atoms with Crippen molar-refractivity contribution in [1.29, 1.82) is 0 Å². The summed E-state index contributed by atoms with van der Waals surface area (Å²) in [4.78, 5) is 0. The van der Waals surface area contributed by atoms with E-state index < -0.39 is 29.6 Å². The molecule has 2 nitrogen and oxygen atoms in total. The fourth-order valence-electron chi connectivity index (χ4n) is 1.96. The van der Waals surface area contributed by atoms with Crippen LogP contribution < -0.4 is 5.32 Å². The number of halogens is 3. The maximum absolute atomic E-state index is 13.3. The Bertz CT molecular complexity index is 598. The quantitative estimate of drug-likeness (QED) is 0.900. The first-order valence-corrected chi connectivity index (χ1v) is 6.04. The molecule has 0 radical (unpaired) electrons. The second kappa shape index (κ2) is 5.54. The van der Waals surface area contributed by atoms with Gasteiger partial charge in [0.05, 0.1) is 12.1 Å². The lowest BCUT2D eigenvalue weighted by atomic mass is 9.92. The van der Waals surface area contributed by atoms with Gasteiger partial charge in [-0.15, -0.1) is 0 Å². The minimum atomic E-state index is -1.13. The van der Waals surface area contributed by atoms with Gasteiger partial charge >= 0.3 is 0 Å². The SMILES string of the molecule is CC(CO)(Nc1cccc(F)c1)c1cc(F)cc(F)c1. The number of nitrogens with one attached hydrogen (secondary N) is 1. The Morgan fingerprint density at radius 3 is 2.20 bits per heavy atom. The zero-order valence-electron chi connectivity index (χ0n) is 10.8. The lowest BCUT2D eigenvalue weighted by molar-refractivity contribution is 0.223. The Hall–Kier alpha value is -2.01. The van der Waals surface area contributed by atoms with Crippen LogP contribution in [0.2, 0.25) is 0 Å². The van der Waals surface area contributed by atoms with E-state index in [1.165, 1.54) is 18.2 Å². The average molecular weight is 281 g/mol. The van der Waals surface area contributed by atoms with Crippen LogP contribution in [0.25, 0.3) is 0 Å². The first kappa shape index (κ1) is 14.4. The highest BCUT2D eigenvalue weighted by Gasteiger charge is 2.27. The topological polar surface area (TPSA) is 32.3 Å². The van der Waals surface area contributed by atoms with Crippen LogP contribution in [-0.2, 0) is 5.54 Å².